The standard InChI is InChI=1S/C15H15N5O/c1-10-4-11(2)6-13(5-10)14-16-8-20(19-14)7-12(3)15-18-17-9-21-15/h4-6,8-9H,3,7H2,1-2H3. The third kappa shape index (κ3) is 2.89. The minimum atomic E-state index is 0.415. The molecule has 0 bridgehead atoms. The molecule has 2 aromatic heterocycles. The number of allylic oxidation sites excluding steroid dienone is 1. The lowest BCUT2D eigenvalue weighted by Crippen LogP contribution is -2.01. The van der Waals surface area contributed by atoms with Gasteiger partial charge in [0.25, 0.3) is 0 Å². The van der Waals surface area contributed by atoms with E-state index < -0.39 is 0 Å². The zero-order chi connectivity index (χ0) is 14.8. The van der Waals surface area contributed by atoms with Gasteiger partial charge < -0.3 is 4.42 Å². The molecule has 0 saturated heterocycles. The summed E-state index contributed by atoms with van der Waals surface area (Å²) in [6.07, 6.45) is 2.96. The molecule has 0 aliphatic rings. The first kappa shape index (κ1) is 13.2. The monoisotopic (exact) mass is 281 g/mol. The van der Waals surface area contributed by atoms with Gasteiger partial charge in [-0.3, -0.25) is 0 Å². The molecule has 1 aromatic carbocycles. The van der Waals surface area contributed by atoms with E-state index in [0.29, 0.717) is 23.8 Å². The fourth-order valence-corrected chi connectivity index (χ4v) is 2.20. The molecular weight excluding hydrogens is 266 g/mol. The van der Waals surface area contributed by atoms with Gasteiger partial charge in [-0.2, -0.15) is 5.10 Å². The van der Waals surface area contributed by atoms with Crippen molar-refractivity contribution in [1.29, 1.82) is 0 Å². The first-order valence-electron chi connectivity index (χ1n) is 6.54. The second-order valence-electron chi connectivity index (χ2n) is 4.99. The number of rotatable bonds is 4. The van der Waals surface area contributed by atoms with E-state index in [9.17, 15) is 0 Å². The van der Waals surface area contributed by atoms with Gasteiger partial charge in [-0.15, -0.1) is 10.2 Å². The smallest absolute Gasteiger partial charge is 0.244 e. The molecular formula is C15H15N5O. The first-order chi connectivity index (χ1) is 10.1. The van der Waals surface area contributed by atoms with Gasteiger partial charge in [-0.25, -0.2) is 9.67 Å². The van der Waals surface area contributed by atoms with Gasteiger partial charge in [0, 0.05) is 11.1 Å². The quantitative estimate of drug-likeness (QED) is 0.735. The lowest BCUT2D eigenvalue weighted by Gasteiger charge is -2.02. The second kappa shape index (κ2) is 5.32. The van der Waals surface area contributed by atoms with E-state index in [1.807, 2.05) is 0 Å². The Labute approximate surface area is 122 Å². The van der Waals surface area contributed by atoms with Crippen LogP contribution in [-0.4, -0.2) is 25.0 Å². The summed E-state index contributed by atoms with van der Waals surface area (Å²) in [6.45, 7) is 8.50. The van der Waals surface area contributed by atoms with Gasteiger partial charge >= 0.3 is 0 Å². The molecule has 106 valence electrons. The van der Waals surface area contributed by atoms with E-state index >= 15 is 0 Å². The van der Waals surface area contributed by atoms with Crippen LogP contribution < -0.4 is 0 Å². The summed E-state index contributed by atoms with van der Waals surface area (Å²) in [5.74, 6) is 1.11. The fourth-order valence-electron chi connectivity index (χ4n) is 2.20. The molecule has 0 fully saturated rings. The summed E-state index contributed by atoms with van der Waals surface area (Å²) in [5, 5.41) is 11.9. The van der Waals surface area contributed by atoms with Gasteiger partial charge in [0.15, 0.2) is 5.82 Å². The Morgan fingerprint density at radius 3 is 2.67 bits per heavy atom. The van der Waals surface area contributed by atoms with Gasteiger partial charge in [0.2, 0.25) is 12.3 Å². The van der Waals surface area contributed by atoms with E-state index in [1.54, 1.807) is 11.0 Å². The summed E-state index contributed by atoms with van der Waals surface area (Å²) in [6, 6.07) is 6.26. The Morgan fingerprint density at radius 1 is 1.24 bits per heavy atom. The van der Waals surface area contributed by atoms with Crippen LogP contribution in [0.2, 0.25) is 0 Å². The molecule has 0 N–H and O–H groups in total. The molecule has 21 heavy (non-hydrogen) atoms. The van der Waals surface area contributed by atoms with E-state index in [1.165, 1.54) is 17.5 Å². The van der Waals surface area contributed by atoms with Gasteiger partial charge in [-0.05, 0) is 26.0 Å². The third-order valence-corrected chi connectivity index (χ3v) is 3.03. The van der Waals surface area contributed by atoms with E-state index in [4.69, 9.17) is 4.42 Å². The number of hydrogen-bond acceptors (Lipinski definition) is 5. The van der Waals surface area contributed by atoms with Crippen molar-refractivity contribution in [2.75, 3.05) is 0 Å². The van der Waals surface area contributed by atoms with Crippen LogP contribution in [0, 0.1) is 13.8 Å². The molecule has 0 aliphatic heterocycles. The maximum Gasteiger partial charge on any atom is 0.244 e. The van der Waals surface area contributed by atoms with Crippen LogP contribution in [0.1, 0.15) is 17.0 Å². The normalized spacial score (nSPS) is 10.8. The molecule has 6 heteroatoms. The van der Waals surface area contributed by atoms with Gasteiger partial charge in [0.1, 0.15) is 6.33 Å². The summed E-state index contributed by atoms with van der Waals surface area (Å²) < 4.78 is 6.81. The second-order valence-corrected chi connectivity index (χ2v) is 4.99. The topological polar surface area (TPSA) is 69.6 Å². The number of nitrogens with zero attached hydrogens (tertiary/aromatic N) is 5. The number of aromatic nitrogens is 5. The average Bonchev–Trinajstić information content (AvgIpc) is 3.08. The summed E-state index contributed by atoms with van der Waals surface area (Å²) in [5.41, 5.74) is 4.09. The zero-order valence-corrected chi connectivity index (χ0v) is 11.9. The Morgan fingerprint density at radius 2 is 2.00 bits per heavy atom. The van der Waals surface area contributed by atoms with Crippen molar-refractivity contribution < 1.29 is 4.42 Å². The van der Waals surface area contributed by atoms with Crippen LogP contribution in [0.4, 0.5) is 0 Å². The Balaban J connectivity index is 1.81. The Bertz CT molecular complexity index is 753. The van der Waals surface area contributed by atoms with Gasteiger partial charge in [0.05, 0.1) is 6.54 Å². The van der Waals surface area contributed by atoms with E-state index in [-0.39, 0.29) is 0 Å². The predicted molar refractivity (Wildman–Crippen MR) is 78.3 cm³/mol. The van der Waals surface area contributed by atoms with Crippen molar-refractivity contribution in [3.05, 3.63) is 54.5 Å². The predicted octanol–water partition coefficient (Wildman–Crippen LogP) is 2.66. The van der Waals surface area contributed by atoms with Crippen LogP contribution in [0.25, 0.3) is 17.0 Å². The van der Waals surface area contributed by atoms with E-state index in [2.05, 4.69) is 58.9 Å². The molecule has 6 nitrogen and oxygen atoms in total. The lowest BCUT2D eigenvalue weighted by atomic mass is 10.1. The Hall–Kier alpha value is -2.76. The lowest BCUT2D eigenvalue weighted by molar-refractivity contribution is 0.531. The third-order valence-electron chi connectivity index (χ3n) is 3.03. The van der Waals surface area contributed by atoms with Crippen LogP contribution >= 0.6 is 0 Å². The summed E-state index contributed by atoms with van der Waals surface area (Å²) >= 11 is 0. The molecule has 0 aliphatic carbocycles. The largest absolute Gasteiger partial charge is 0.424 e. The van der Waals surface area contributed by atoms with Crippen molar-refractivity contribution in [2.45, 2.75) is 20.4 Å². The minimum absolute atomic E-state index is 0.415. The maximum absolute atomic E-state index is 5.11. The molecule has 0 spiro atoms. The molecule has 0 saturated carbocycles. The number of benzene rings is 1. The molecule has 3 rings (SSSR count). The zero-order valence-electron chi connectivity index (χ0n) is 11.9. The van der Waals surface area contributed by atoms with Crippen LogP contribution in [0.3, 0.4) is 0 Å². The number of hydrogen-bond donors (Lipinski definition) is 0. The molecule has 3 aromatic rings. The molecule has 0 unspecified atom stereocenters. The highest BCUT2D eigenvalue weighted by Gasteiger charge is 2.09. The number of aryl methyl sites for hydroxylation is 2. The highest BCUT2D eigenvalue weighted by atomic mass is 16.4. The van der Waals surface area contributed by atoms with E-state index in [0.717, 1.165) is 5.56 Å². The maximum atomic E-state index is 5.11. The van der Waals surface area contributed by atoms with Crippen LogP contribution in [0.5, 0.6) is 0 Å². The fraction of sp³-hybridized carbons (Fsp3) is 0.200. The first-order valence-corrected chi connectivity index (χ1v) is 6.54. The molecule has 2 heterocycles. The van der Waals surface area contributed by atoms with Gasteiger partial charge in [-0.1, -0.05) is 23.8 Å². The van der Waals surface area contributed by atoms with Crippen molar-refractivity contribution in [3.63, 3.8) is 0 Å². The van der Waals surface area contributed by atoms with Crippen molar-refractivity contribution in [3.8, 4) is 11.4 Å². The molecule has 0 atom stereocenters. The highest BCUT2D eigenvalue weighted by molar-refractivity contribution is 5.57. The SMILES string of the molecule is C=C(Cn1cnc(-c2cc(C)cc(C)c2)n1)c1nnco1. The molecule has 0 radical (unpaired) electrons. The van der Waals surface area contributed by atoms with Crippen LogP contribution in [0.15, 0.2) is 41.9 Å². The minimum Gasteiger partial charge on any atom is -0.424 e. The average molecular weight is 281 g/mol. The summed E-state index contributed by atoms with van der Waals surface area (Å²) in [7, 11) is 0. The van der Waals surface area contributed by atoms with Crippen molar-refractivity contribution in [1.82, 2.24) is 25.0 Å². The van der Waals surface area contributed by atoms with Crippen LogP contribution in [-0.2, 0) is 6.54 Å². The molecule has 0 amide bonds. The summed E-state index contributed by atoms with van der Waals surface area (Å²) in [4.78, 5) is 4.35. The Kier molecular flexibility index (Phi) is 3.35. The van der Waals surface area contributed by atoms with Crippen molar-refractivity contribution in [2.24, 2.45) is 0 Å². The highest BCUT2D eigenvalue weighted by Crippen LogP contribution is 2.19. The van der Waals surface area contributed by atoms with Crippen molar-refractivity contribution >= 4 is 5.57 Å².